The minimum Gasteiger partial charge on any atom is -0.271 e. The second kappa shape index (κ2) is 5.16. The lowest BCUT2D eigenvalue weighted by molar-refractivity contribution is 0.813. The molecule has 3 aromatic rings. The first-order valence-corrected chi connectivity index (χ1v) is 8.09. The third-order valence-corrected chi connectivity index (χ3v) is 5.24. The van der Waals surface area contributed by atoms with Gasteiger partial charge in [0.15, 0.2) is 4.77 Å². The molecule has 5 heteroatoms. The number of fused-ring (bicyclic) bond motifs is 1. The van der Waals surface area contributed by atoms with Crippen LogP contribution in [-0.4, -0.2) is 14.8 Å². The molecule has 1 unspecified atom stereocenters. The number of para-hydroxylation sites is 1. The first kappa shape index (κ1) is 12.9. The Morgan fingerprint density at radius 3 is 2.67 bits per heavy atom. The molecule has 0 amide bonds. The van der Waals surface area contributed by atoms with E-state index in [0.717, 1.165) is 17.9 Å². The van der Waals surface area contributed by atoms with E-state index in [0.29, 0.717) is 10.0 Å². The predicted octanol–water partition coefficient (Wildman–Crippen LogP) is 4.32. The average molecular weight is 311 g/mol. The third-order valence-electron chi connectivity index (χ3n) is 3.65. The van der Waals surface area contributed by atoms with E-state index in [1.54, 1.807) is 0 Å². The third kappa shape index (κ3) is 2.22. The number of benzene rings is 2. The van der Waals surface area contributed by atoms with Crippen LogP contribution < -0.4 is 0 Å². The SMILES string of the molecule is S=c1[nH]nc(C2Cc3ccccc3S2)n1-c1ccccc1. The lowest BCUT2D eigenvalue weighted by Gasteiger charge is -2.11. The molecular weight excluding hydrogens is 298 g/mol. The van der Waals surface area contributed by atoms with Gasteiger partial charge in [0.25, 0.3) is 0 Å². The van der Waals surface area contributed by atoms with Gasteiger partial charge in [-0.2, -0.15) is 5.10 Å². The largest absolute Gasteiger partial charge is 0.271 e. The molecule has 104 valence electrons. The maximum atomic E-state index is 5.41. The molecule has 0 saturated carbocycles. The van der Waals surface area contributed by atoms with Crippen molar-refractivity contribution in [2.75, 3.05) is 0 Å². The van der Waals surface area contributed by atoms with Crippen LogP contribution in [0.1, 0.15) is 16.6 Å². The summed E-state index contributed by atoms with van der Waals surface area (Å²) in [6, 6.07) is 18.7. The number of hydrogen-bond donors (Lipinski definition) is 1. The van der Waals surface area contributed by atoms with Crippen LogP contribution >= 0.6 is 24.0 Å². The van der Waals surface area contributed by atoms with Crippen molar-refractivity contribution in [1.82, 2.24) is 14.8 Å². The summed E-state index contributed by atoms with van der Waals surface area (Å²) in [5.74, 6) is 0.993. The molecule has 1 N–H and O–H groups in total. The fourth-order valence-corrected chi connectivity index (χ4v) is 4.22. The van der Waals surface area contributed by atoms with E-state index in [9.17, 15) is 0 Å². The van der Waals surface area contributed by atoms with Crippen molar-refractivity contribution in [2.24, 2.45) is 0 Å². The van der Waals surface area contributed by atoms with Crippen molar-refractivity contribution in [3.05, 3.63) is 70.8 Å². The van der Waals surface area contributed by atoms with Crippen molar-refractivity contribution < 1.29 is 0 Å². The van der Waals surface area contributed by atoms with Gasteiger partial charge in [-0.25, -0.2) is 0 Å². The van der Waals surface area contributed by atoms with Crippen LogP contribution in [0.2, 0.25) is 0 Å². The summed E-state index contributed by atoms with van der Waals surface area (Å²) in [5, 5.41) is 7.73. The zero-order chi connectivity index (χ0) is 14.2. The summed E-state index contributed by atoms with van der Waals surface area (Å²) in [7, 11) is 0. The molecule has 2 aromatic carbocycles. The summed E-state index contributed by atoms with van der Waals surface area (Å²) in [6.07, 6.45) is 0.993. The van der Waals surface area contributed by atoms with E-state index in [4.69, 9.17) is 12.2 Å². The highest BCUT2D eigenvalue weighted by Gasteiger charge is 2.28. The van der Waals surface area contributed by atoms with Gasteiger partial charge in [0.2, 0.25) is 0 Å². The fourth-order valence-electron chi connectivity index (χ4n) is 2.68. The number of rotatable bonds is 2. The summed E-state index contributed by atoms with van der Waals surface area (Å²) in [4.78, 5) is 1.34. The van der Waals surface area contributed by atoms with Crippen LogP contribution in [0.15, 0.2) is 59.5 Å². The van der Waals surface area contributed by atoms with E-state index >= 15 is 0 Å². The molecule has 1 aliphatic heterocycles. The zero-order valence-electron chi connectivity index (χ0n) is 11.2. The van der Waals surface area contributed by atoms with Crippen molar-refractivity contribution >= 4 is 24.0 Å². The van der Waals surface area contributed by atoms with Gasteiger partial charge in [-0.3, -0.25) is 9.67 Å². The smallest absolute Gasteiger partial charge is 0.199 e. The van der Waals surface area contributed by atoms with Crippen LogP contribution in [0.3, 0.4) is 0 Å². The zero-order valence-corrected chi connectivity index (χ0v) is 12.8. The number of H-pyrrole nitrogens is 1. The van der Waals surface area contributed by atoms with Crippen LogP contribution in [0.25, 0.3) is 5.69 Å². The lowest BCUT2D eigenvalue weighted by atomic mass is 10.1. The summed E-state index contributed by atoms with van der Waals surface area (Å²) < 4.78 is 2.69. The Morgan fingerprint density at radius 1 is 1.10 bits per heavy atom. The van der Waals surface area contributed by atoms with E-state index < -0.39 is 0 Å². The highest BCUT2D eigenvalue weighted by atomic mass is 32.2. The van der Waals surface area contributed by atoms with Gasteiger partial charge in [0.05, 0.1) is 5.25 Å². The minimum absolute atomic E-state index is 0.301. The second-order valence-corrected chi connectivity index (χ2v) is 6.61. The van der Waals surface area contributed by atoms with E-state index in [1.807, 2.05) is 34.5 Å². The molecule has 0 fully saturated rings. The first-order chi connectivity index (χ1) is 10.3. The number of nitrogens with zero attached hydrogens (tertiary/aromatic N) is 2. The quantitative estimate of drug-likeness (QED) is 0.716. The molecule has 3 nitrogen and oxygen atoms in total. The standard InChI is InChI=1S/C16H13N3S2/c20-16-18-17-15(19(16)12-7-2-1-3-8-12)14-10-11-6-4-5-9-13(11)21-14/h1-9,14H,10H2,(H,18,20). The van der Waals surface area contributed by atoms with Gasteiger partial charge in [-0.05, 0) is 42.4 Å². The molecule has 0 spiro atoms. The Hall–Kier alpha value is -1.85. The maximum Gasteiger partial charge on any atom is 0.199 e. The molecule has 2 heterocycles. The highest BCUT2D eigenvalue weighted by Crippen LogP contribution is 2.45. The van der Waals surface area contributed by atoms with Gasteiger partial charge < -0.3 is 0 Å². The lowest BCUT2D eigenvalue weighted by Crippen LogP contribution is -2.05. The van der Waals surface area contributed by atoms with Crippen LogP contribution in [0.4, 0.5) is 0 Å². The monoisotopic (exact) mass is 311 g/mol. The molecule has 1 atom stereocenters. The first-order valence-electron chi connectivity index (χ1n) is 6.80. The normalized spacial score (nSPS) is 16.9. The summed E-state index contributed by atoms with van der Waals surface area (Å²) in [5.41, 5.74) is 2.45. The number of aromatic nitrogens is 3. The molecule has 4 rings (SSSR count). The molecule has 0 saturated heterocycles. The van der Waals surface area contributed by atoms with Gasteiger partial charge in [0.1, 0.15) is 5.82 Å². The van der Waals surface area contributed by atoms with E-state index in [-0.39, 0.29) is 0 Å². The van der Waals surface area contributed by atoms with Crippen LogP contribution in [-0.2, 0) is 6.42 Å². The van der Waals surface area contributed by atoms with Gasteiger partial charge in [0, 0.05) is 10.6 Å². The Labute approximate surface area is 132 Å². The molecule has 1 aliphatic rings. The maximum absolute atomic E-state index is 5.41. The number of aromatic amines is 1. The molecule has 0 radical (unpaired) electrons. The van der Waals surface area contributed by atoms with Crippen LogP contribution in [0, 0.1) is 4.77 Å². The number of hydrogen-bond acceptors (Lipinski definition) is 3. The van der Waals surface area contributed by atoms with Crippen molar-refractivity contribution in [3.8, 4) is 5.69 Å². The van der Waals surface area contributed by atoms with Gasteiger partial charge in [-0.15, -0.1) is 11.8 Å². The predicted molar refractivity (Wildman–Crippen MR) is 87.5 cm³/mol. The molecule has 0 bridgehead atoms. The van der Waals surface area contributed by atoms with E-state index in [1.165, 1.54) is 10.5 Å². The average Bonchev–Trinajstić information content (AvgIpc) is 3.11. The van der Waals surface area contributed by atoms with Crippen molar-refractivity contribution in [2.45, 2.75) is 16.6 Å². The Kier molecular flexibility index (Phi) is 3.16. The van der Waals surface area contributed by atoms with Crippen LogP contribution in [0.5, 0.6) is 0 Å². The van der Waals surface area contributed by atoms with Gasteiger partial charge in [-0.1, -0.05) is 36.4 Å². The van der Waals surface area contributed by atoms with E-state index in [2.05, 4.69) is 46.6 Å². The second-order valence-electron chi connectivity index (χ2n) is 4.98. The molecule has 0 aliphatic carbocycles. The molecule has 1 aromatic heterocycles. The Morgan fingerprint density at radius 2 is 1.86 bits per heavy atom. The van der Waals surface area contributed by atoms with Crippen molar-refractivity contribution in [1.29, 1.82) is 0 Å². The van der Waals surface area contributed by atoms with Gasteiger partial charge >= 0.3 is 0 Å². The number of thioether (sulfide) groups is 1. The fraction of sp³-hybridized carbons (Fsp3) is 0.125. The topological polar surface area (TPSA) is 33.6 Å². The summed E-state index contributed by atoms with van der Waals surface area (Å²) in [6.45, 7) is 0. The minimum atomic E-state index is 0.301. The van der Waals surface area contributed by atoms with Crippen molar-refractivity contribution in [3.63, 3.8) is 0 Å². The summed E-state index contributed by atoms with van der Waals surface area (Å²) >= 11 is 7.27. The Bertz CT molecular complexity index is 811. The Balaban J connectivity index is 1.77. The number of nitrogens with one attached hydrogen (secondary N) is 1. The molecule has 21 heavy (non-hydrogen) atoms. The molecular formula is C16H13N3S2. The highest BCUT2D eigenvalue weighted by molar-refractivity contribution is 7.99.